The van der Waals surface area contributed by atoms with E-state index in [1.807, 2.05) is 30.3 Å². The fourth-order valence-electron chi connectivity index (χ4n) is 1.55. The van der Waals surface area contributed by atoms with Crippen LogP contribution in [-0.2, 0) is 11.2 Å². The van der Waals surface area contributed by atoms with Crippen LogP contribution in [0.1, 0.15) is 5.56 Å². The van der Waals surface area contributed by atoms with Crippen molar-refractivity contribution in [2.24, 2.45) is 10.2 Å². The Bertz CT molecular complexity index is 609. The Kier molecular flexibility index (Phi) is 3.87. The van der Waals surface area contributed by atoms with Crippen molar-refractivity contribution in [2.45, 2.75) is 6.42 Å². The second kappa shape index (κ2) is 5.77. The van der Waals surface area contributed by atoms with Gasteiger partial charge in [-0.15, -0.1) is 0 Å². The van der Waals surface area contributed by atoms with Gasteiger partial charge in [-0.2, -0.15) is 10.2 Å². The Morgan fingerprint density at radius 2 is 1.68 bits per heavy atom. The summed E-state index contributed by atoms with van der Waals surface area (Å²) < 4.78 is 0. The van der Waals surface area contributed by atoms with Gasteiger partial charge in [0.25, 0.3) is 0 Å². The van der Waals surface area contributed by atoms with Gasteiger partial charge in [0.15, 0.2) is 0 Å². The number of carbonyl (C=O) groups is 1. The van der Waals surface area contributed by atoms with Gasteiger partial charge in [-0.3, -0.25) is 4.79 Å². The number of carboxylic acids is 1. The van der Waals surface area contributed by atoms with Gasteiger partial charge in [-0.1, -0.05) is 18.2 Å². The first-order chi connectivity index (χ1) is 9.15. The SMILES string of the molecule is O=C(O)Cc1cc(/N=N/c2ccccc2)ccc1O. The summed E-state index contributed by atoms with van der Waals surface area (Å²) in [6, 6.07) is 13.7. The fraction of sp³-hybridized carbons (Fsp3) is 0.0714. The minimum absolute atomic E-state index is 0.0546. The molecule has 0 radical (unpaired) electrons. The maximum atomic E-state index is 10.6. The van der Waals surface area contributed by atoms with Gasteiger partial charge < -0.3 is 10.2 Å². The molecule has 2 rings (SSSR count). The number of hydrogen-bond acceptors (Lipinski definition) is 4. The molecule has 2 N–H and O–H groups in total. The predicted molar refractivity (Wildman–Crippen MR) is 70.1 cm³/mol. The number of carboxylic acid groups (broad SMARTS) is 1. The van der Waals surface area contributed by atoms with E-state index in [1.165, 1.54) is 12.1 Å². The molecule has 0 aromatic heterocycles. The number of aromatic hydroxyl groups is 1. The maximum absolute atomic E-state index is 10.6. The molecule has 19 heavy (non-hydrogen) atoms. The highest BCUT2D eigenvalue weighted by Gasteiger charge is 2.07. The van der Waals surface area contributed by atoms with Gasteiger partial charge in [0.2, 0.25) is 0 Å². The zero-order chi connectivity index (χ0) is 13.7. The first-order valence-electron chi connectivity index (χ1n) is 5.65. The zero-order valence-electron chi connectivity index (χ0n) is 10.0. The van der Waals surface area contributed by atoms with Crippen LogP contribution in [0.15, 0.2) is 58.8 Å². The lowest BCUT2D eigenvalue weighted by Gasteiger charge is -2.02. The van der Waals surface area contributed by atoms with Gasteiger partial charge >= 0.3 is 5.97 Å². The average molecular weight is 256 g/mol. The topological polar surface area (TPSA) is 82.2 Å². The molecule has 0 aliphatic carbocycles. The number of hydrogen-bond donors (Lipinski definition) is 2. The minimum Gasteiger partial charge on any atom is -0.508 e. The molecule has 96 valence electrons. The quantitative estimate of drug-likeness (QED) is 0.822. The molecular weight excluding hydrogens is 244 g/mol. The van der Waals surface area contributed by atoms with E-state index >= 15 is 0 Å². The monoisotopic (exact) mass is 256 g/mol. The number of phenolic OH excluding ortho intramolecular Hbond substituents is 1. The van der Waals surface area contributed by atoms with Gasteiger partial charge in [-0.05, 0) is 30.3 Å². The van der Waals surface area contributed by atoms with Crippen molar-refractivity contribution in [3.8, 4) is 5.75 Å². The van der Waals surface area contributed by atoms with Gasteiger partial charge in [0, 0.05) is 5.56 Å². The summed E-state index contributed by atoms with van der Waals surface area (Å²) in [6.45, 7) is 0. The molecule has 5 nitrogen and oxygen atoms in total. The van der Waals surface area contributed by atoms with Gasteiger partial charge in [0.1, 0.15) is 5.75 Å². The molecule has 0 spiro atoms. The highest BCUT2D eigenvalue weighted by atomic mass is 16.4. The molecule has 2 aromatic carbocycles. The lowest BCUT2D eigenvalue weighted by atomic mass is 10.1. The molecule has 0 unspecified atom stereocenters. The van der Waals surface area contributed by atoms with E-state index in [-0.39, 0.29) is 12.2 Å². The highest BCUT2D eigenvalue weighted by molar-refractivity contribution is 5.72. The fourth-order valence-corrected chi connectivity index (χ4v) is 1.55. The van der Waals surface area contributed by atoms with E-state index in [9.17, 15) is 9.90 Å². The molecule has 0 bridgehead atoms. The third-order valence-electron chi connectivity index (χ3n) is 2.44. The molecular formula is C14H12N2O3. The van der Waals surface area contributed by atoms with Crippen molar-refractivity contribution < 1.29 is 15.0 Å². The Hall–Kier alpha value is -2.69. The zero-order valence-corrected chi connectivity index (χ0v) is 10.0. The van der Waals surface area contributed by atoms with Gasteiger partial charge in [-0.25, -0.2) is 0 Å². The summed E-state index contributed by atoms with van der Waals surface area (Å²) in [4.78, 5) is 10.6. The van der Waals surface area contributed by atoms with Crippen molar-refractivity contribution in [3.63, 3.8) is 0 Å². The van der Waals surface area contributed by atoms with E-state index in [0.717, 1.165) is 0 Å². The Morgan fingerprint density at radius 1 is 1.00 bits per heavy atom. The van der Waals surface area contributed by atoms with Crippen LogP contribution in [-0.4, -0.2) is 16.2 Å². The van der Waals surface area contributed by atoms with E-state index in [0.29, 0.717) is 16.9 Å². The predicted octanol–water partition coefficient (Wildman–Crippen LogP) is 3.43. The summed E-state index contributed by atoms with van der Waals surface area (Å²) in [5, 5.41) is 26.3. The first kappa shape index (κ1) is 12.8. The molecule has 0 aliphatic heterocycles. The van der Waals surface area contributed by atoms with Gasteiger partial charge in [0.05, 0.1) is 17.8 Å². The molecule has 0 saturated heterocycles. The second-order valence-corrected chi connectivity index (χ2v) is 3.92. The Balaban J connectivity index is 2.21. The van der Waals surface area contributed by atoms with Crippen LogP contribution in [0.5, 0.6) is 5.75 Å². The maximum Gasteiger partial charge on any atom is 0.307 e. The summed E-state index contributed by atoms with van der Waals surface area (Å²) in [6.07, 6.45) is -0.249. The summed E-state index contributed by atoms with van der Waals surface area (Å²) >= 11 is 0. The molecule has 0 saturated carbocycles. The molecule has 0 fully saturated rings. The van der Waals surface area contributed by atoms with Crippen molar-refractivity contribution in [1.29, 1.82) is 0 Å². The highest BCUT2D eigenvalue weighted by Crippen LogP contribution is 2.25. The van der Waals surface area contributed by atoms with E-state index in [2.05, 4.69) is 10.2 Å². The average Bonchev–Trinajstić information content (AvgIpc) is 2.40. The van der Waals surface area contributed by atoms with E-state index in [1.54, 1.807) is 6.07 Å². The molecule has 2 aromatic rings. The van der Waals surface area contributed by atoms with Crippen molar-refractivity contribution in [1.82, 2.24) is 0 Å². The third kappa shape index (κ3) is 3.64. The van der Waals surface area contributed by atoms with Crippen LogP contribution < -0.4 is 0 Å². The minimum atomic E-state index is -1.01. The Labute approximate surface area is 109 Å². The largest absolute Gasteiger partial charge is 0.508 e. The van der Waals surface area contributed by atoms with Crippen LogP contribution in [0.2, 0.25) is 0 Å². The number of benzene rings is 2. The lowest BCUT2D eigenvalue weighted by Crippen LogP contribution is -1.99. The normalized spacial score (nSPS) is 10.7. The molecule has 0 amide bonds. The summed E-state index contributed by atoms with van der Waals surface area (Å²) in [5.74, 6) is -1.06. The number of nitrogens with zero attached hydrogens (tertiary/aromatic N) is 2. The molecule has 0 atom stereocenters. The van der Waals surface area contributed by atoms with Crippen LogP contribution >= 0.6 is 0 Å². The van der Waals surface area contributed by atoms with Crippen molar-refractivity contribution in [2.75, 3.05) is 0 Å². The number of phenols is 1. The summed E-state index contributed by atoms with van der Waals surface area (Å²) in [5.41, 5.74) is 1.52. The Morgan fingerprint density at radius 3 is 2.37 bits per heavy atom. The van der Waals surface area contributed by atoms with Crippen molar-refractivity contribution in [3.05, 3.63) is 54.1 Å². The number of azo groups is 1. The van der Waals surface area contributed by atoms with E-state index in [4.69, 9.17) is 5.11 Å². The third-order valence-corrected chi connectivity index (χ3v) is 2.44. The summed E-state index contributed by atoms with van der Waals surface area (Å²) in [7, 11) is 0. The van der Waals surface area contributed by atoms with Crippen LogP contribution in [0.25, 0.3) is 0 Å². The van der Waals surface area contributed by atoms with Crippen LogP contribution in [0.4, 0.5) is 11.4 Å². The number of aliphatic carboxylic acids is 1. The van der Waals surface area contributed by atoms with Crippen molar-refractivity contribution >= 4 is 17.3 Å². The second-order valence-electron chi connectivity index (χ2n) is 3.92. The molecule has 5 heteroatoms. The van der Waals surface area contributed by atoms with Crippen LogP contribution in [0, 0.1) is 0 Å². The molecule has 0 aliphatic rings. The molecule has 0 heterocycles. The lowest BCUT2D eigenvalue weighted by molar-refractivity contribution is -0.136. The van der Waals surface area contributed by atoms with Crippen LogP contribution in [0.3, 0.4) is 0 Å². The van der Waals surface area contributed by atoms with E-state index < -0.39 is 5.97 Å². The number of rotatable bonds is 4. The standard InChI is InChI=1S/C14H12N2O3/c17-13-7-6-12(8-10(13)9-14(18)19)16-15-11-4-2-1-3-5-11/h1-8,17H,9H2,(H,18,19)/b16-15+. The smallest absolute Gasteiger partial charge is 0.307 e. The first-order valence-corrected chi connectivity index (χ1v) is 5.65.